The molecule has 0 bridgehead atoms. The standard InChI is InChI=1S/C17H20N2O3/c1-2-12-7-5-6-10-18(12)15(20)11-19-16(21)13-8-3-4-9-14(13)17(19)22/h3-4,8-9,12H,2,5-7,10-11H2,1H3/t12-/m1/s1. The molecule has 5 heteroatoms. The van der Waals surface area contributed by atoms with Gasteiger partial charge in [0.1, 0.15) is 6.54 Å². The molecule has 1 atom stereocenters. The Morgan fingerprint density at radius 3 is 2.36 bits per heavy atom. The molecule has 0 aromatic heterocycles. The summed E-state index contributed by atoms with van der Waals surface area (Å²) in [6.07, 6.45) is 4.04. The van der Waals surface area contributed by atoms with Crippen LogP contribution in [0.1, 0.15) is 53.3 Å². The van der Waals surface area contributed by atoms with Crippen LogP contribution < -0.4 is 0 Å². The van der Waals surface area contributed by atoms with Crippen molar-refractivity contribution >= 4 is 17.7 Å². The lowest BCUT2D eigenvalue weighted by molar-refractivity contribution is -0.135. The highest BCUT2D eigenvalue weighted by Crippen LogP contribution is 2.24. The van der Waals surface area contributed by atoms with Crippen molar-refractivity contribution in [3.8, 4) is 0 Å². The molecule has 0 N–H and O–H groups in total. The average molecular weight is 300 g/mol. The molecule has 2 heterocycles. The molecule has 0 spiro atoms. The number of piperidine rings is 1. The first-order valence-electron chi connectivity index (χ1n) is 7.88. The summed E-state index contributed by atoms with van der Waals surface area (Å²) in [5.41, 5.74) is 0.789. The smallest absolute Gasteiger partial charge is 0.262 e. The fraction of sp³-hybridized carbons (Fsp3) is 0.471. The van der Waals surface area contributed by atoms with E-state index in [0.717, 1.165) is 37.1 Å². The monoisotopic (exact) mass is 300 g/mol. The first-order valence-corrected chi connectivity index (χ1v) is 7.88. The van der Waals surface area contributed by atoms with Crippen LogP contribution in [0.15, 0.2) is 24.3 Å². The summed E-state index contributed by atoms with van der Waals surface area (Å²) in [6, 6.07) is 6.96. The van der Waals surface area contributed by atoms with Crippen LogP contribution in [0.5, 0.6) is 0 Å². The number of carbonyl (C=O) groups is 3. The van der Waals surface area contributed by atoms with Gasteiger partial charge in [-0.2, -0.15) is 0 Å². The van der Waals surface area contributed by atoms with E-state index in [1.807, 2.05) is 4.90 Å². The minimum Gasteiger partial charge on any atom is -0.338 e. The van der Waals surface area contributed by atoms with Gasteiger partial charge in [-0.3, -0.25) is 19.3 Å². The maximum absolute atomic E-state index is 12.5. The van der Waals surface area contributed by atoms with Crippen molar-refractivity contribution in [1.29, 1.82) is 0 Å². The van der Waals surface area contributed by atoms with Gasteiger partial charge >= 0.3 is 0 Å². The normalized spacial score (nSPS) is 21.2. The van der Waals surface area contributed by atoms with Gasteiger partial charge in [0.25, 0.3) is 11.8 Å². The molecule has 0 aliphatic carbocycles. The summed E-state index contributed by atoms with van der Waals surface area (Å²) in [7, 11) is 0. The number of amides is 3. The molecular formula is C17H20N2O3. The van der Waals surface area contributed by atoms with E-state index >= 15 is 0 Å². The van der Waals surface area contributed by atoms with Crippen molar-refractivity contribution < 1.29 is 14.4 Å². The van der Waals surface area contributed by atoms with E-state index in [9.17, 15) is 14.4 Å². The summed E-state index contributed by atoms with van der Waals surface area (Å²) < 4.78 is 0. The van der Waals surface area contributed by atoms with Crippen molar-refractivity contribution in [2.45, 2.75) is 38.6 Å². The van der Waals surface area contributed by atoms with Gasteiger partial charge in [-0.1, -0.05) is 19.1 Å². The molecule has 0 saturated carbocycles. The molecule has 3 rings (SSSR count). The molecular weight excluding hydrogens is 280 g/mol. The topological polar surface area (TPSA) is 57.7 Å². The Morgan fingerprint density at radius 2 is 1.77 bits per heavy atom. The lowest BCUT2D eigenvalue weighted by Crippen LogP contribution is -2.48. The molecule has 116 valence electrons. The van der Waals surface area contributed by atoms with E-state index < -0.39 is 0 Å². The molecule has 5 nitrogen and oxygen atoms in total. The SMILES string of the molecule is CC[C@@H]1CCCCN1C(=O)CN1C(=O)c2ccccc2C1=O. The van der Waals surface area contributed by atoms with Gasteiger partial charge in [-0.05, 0) is 37.8 Å². The molecule has 1 fully saturated rings. The number of fused-ring (bicyclic) bond motifs is 1. The quantitative estimate of drug-likeness (QED) is 0.803. The number of imide groups is 1. The zero-order chi connectivity index (χ0) is 15.7. The van der Waals surface area contributed by atoms with Gasteiger partial charge in [0.2, 0.25) is 5.91 Å². The predicted octanol–water partition coefficient (Wildman–Crippen LogP) is 2.07. The van der Waals surface area contributed by atoms with Crippen molar-refractivity contribution in [3.05, 3.63) is 35.4 Å². The Hall–Kier alpha value is -2.17. The van der Waals surface area contributed by atoms with E-state index in [1.54, 1.807) is 24.3 Å². The van der Waals surface area contributed by atoms with Gasteiger partial charge in [0.15, 0.2) is 0 Å². The highest BCUT2D eigenvalue weighted by atomic mass is 16.2. The van der Waals surface area contributed by atoms with Crippen LogP contribution in [0.25, 0.3) is 0 Å². The number of hydrogen-bond donors (Lipinski definition) is 0. The maximum Gasteiger partial charge on any atom is 0.262 e. The highest BCUT2D eigenvalue weighted by Gasteiger charge is 2.37. The Balaban J connectivity index is 1.75. The second kappa shape index (κ2) is 5.91. The van der Waals surface area contributed by atoms with E-state index in [-0.39, 0.29) is 30.3 Å². The number of carbonyl (C=O) groups excluding carboxylic acids is 3. The first-order chi connectivity index (χ1) is 10.6. The molecule has 1 aromatic carbocycles. The first kappa shape index (κ1) is 14.8. The second-order valence-corrected chi connectivity index (χ2v) is 5.89. The number of hydrogen-bond acceptors (Lipinski definition) is 3. The van der Waals surface area contributed by atoms with Gasteiger partial charge in [0, 0.05) is 12.6 Å². The van der Waals surface area contributed by atoms with Gasteiger partial charge in [-0.25, -0.2) is 0 Å². The van der Waals surface area contributed by atoms with Crippen LogP contribution in [0.4, 0.5) is 0 Å². The molecule has 2 aliphatic rings. The Labute approximate surface area is 129 Å². The van der Waals surface area contributed by atoms with Crippen LogP contribution >= 0.6 is 0 Å². The minimum absolute atomic E-state index is 0.124. The van der Waals surface area contributed by atoms with Gasteiger partial charge in [-0.15, -0.1) is 0 Å². The van der Waals surface area contributed by atoms with Crippen LogP contribution in [0.2, 0.25) is 0 Å². The number of benzene rings is 1. The van der Waals surface area contributed by atoms with Crippen molar-refractivity contribution in [2.75, 3.05) is 13.1 Å². The van der Waals surface area contributed by atoms with Crippen LogP contribution in [0.3, 0.4) is 0 Å². The molecule has 3 amide bonds. The fourth-order valence-corrected chi connectivity index (χ4v) is 3.36. The van der Waals surface area contributed by atoms with Crippen LogP contribution in [-0.4, -0.2) is 46.7 Å². The third kappa shape index (κ3) is 2.40. The van der Waals surface area contributed by atoms with E-state index in [4.69, 9.17) is 0 Å². The fourth-order valence-electron chi connectivity index (χ4n) is 3.36. The molecule has 22 heavy (non-hydrogen) atoms. The average Bonchev–Trinajstić information content (AvgIpc) is 2.80. The maximum atomic E-state index is 12.5. The van der Waals surface area contributed by atoms with E-state index in [0.29, 0.717) is 11.1 Å². The Kier molecular flexibility index (Phi) is 3.96. The van der Waals surface area contributed by atoms with Crippen molar-refractivity contribution in [2.24, 2.45) is 0 Å². The summed E-state index contributed by atoms with van der Waals surface area (Å²) in [5.74, 6) is -0.848. The van der Waals surface area contributed by atoms with E-state index in [2.05, 4.69) is 6.92 Å². The lowest BCUT2D eigenvalue weighted by atomic mass is 10.00. The van der Waals surface area contributed by atoms with Crippen molar-refractivity contribution in [3.63, 3.8) is 0 Å². The number of nitrogens with zero attached hydrogens (tertiary/aromatic N) is 2. The van der Waals surface area contributed by atoms with E-state index in [1.165, 1.54) is 0 Å². The predicted molar refractivity (Wildman–Crippen MR) is 81.5 cm³/mol. The zero-order valence-corrected chi connectivity index (χ0v) is 12.7. The Bertz CT molecular complexity index is 591. The summed E-state index contributed by atoms with van der Waals surface area (Å²) in [4.78, 5) is 40.1. The largest absolute Gasteiger partial charge is 0.338 e. The number of rotatable bonds is 3. The molecule has 0 unspecified atom stereocenters. The molecule has 1 saturated heterocycles. The molecule has 2 aliphatic heterocycles. The third-order valence-electron chi connectivity index (χ3n) is 4.59. The minimum atomic E-state index is -0.362. The highest BCUT2D eigenvalue weighted by molar-refractivity contribution is 6.22. The summed E-state index contributed by atoms with van der Waals surface area (Å²) in [5, 5.41) is 0. The second-order valence-electron chi connectivity index (χ2n) is 5.89. The van der Waals surface area contributed by atoms with Crippen molar-refractivity contribution in [1.82, 2.24) is 9.80 Å². The van der Waals surface area contributed by atoms with Crippen LogP contribution in [0, 0.1) is 0 Å². The molecule has 0 radical (unpaired) electrons. The van der Waals surface area contributed by atoms with Crippen LogP contribution in [-0.2, 0) is 4.79 Å². The van der Waals surface area contributed by atoms with Gasteiger partial charge < -0.3 is 4.90 Å². The number of likely N-dealkylation sites (tertiary alicyclic amines) is 1. The summed E-state index contributed by atoms with van der Waals surface area (Å²) in [6.45, 7) is 2.64. The lowest BCUT2D eigenvalue weighted by Gasteiger charge is -2.36. The van der Waals surface area contributed by atoms with Gasteiger partial charge in [0.05, 0.1) is 11.1 Å². The zero-order valence-electron chi connectivity index (χ0n) is 12.7. The molecule has 1 aromatic rings. The summed E-state index contributed by atoms with van der Waals surface area (Å²) >= 11 is 0. The third-order valence-corrected chi connectivity index (χ3v) is 4.59. The Morgan fingerprint density at radius 1 is 1.14 bits per heavy atom.